The van der Waals surface area contributed by atoms with E-state index in [1.165, 1.54) is 11.0 Å². The molecule has 1 aromatic carbocycles. The lowest BCUT2D eigenvalue weighted by Crippen LogP contribution is -2.53. The fraction of sp³-hybridized carbons (Fsp3) is 0.333. The number of benzene rings is 1. The van der Waals surface area contributed by atoms with Crippen LogP contribution in [0.2, 0.25) is 0 Å². The number of nitrogens with one attached hydrogen (secondary N) is 1. The van der Waals surface area contributed by atoms with E-state index in [1.807, 2.05) is 17.1 Å². The highest BCUT2D eigenvalue weighted by atomic mass is 16.3. The Morgan fingerprint density at radius 1 is 1.11 bits per heavy atom. The molecule has 0 aliphatic carbocycles. The van der Waals surface area contributed by atoms with Crippen molar-refractivity contribution in [1.29, 1.82) is 0 Å². The normalized spacial score (nSPS) is 15.8. The van der Waals surface area contributed by atoms with E-state index in [0.29, 0.717) is 0 Å². The molecule has 0 spiro atoms. The number of anilines is 1. The zero-order valence-electron chi connectivity index (χ0n) is 10.4. The third-order valence-corrected chi connectivity index (χ3v) is 3.31. The highest BCUT2D eigenvalue weighted by Crippen LogP contribution is 2.19. The average Bonchev–Trinajstić information content (AvgIpc) is 2.86. The molecule has 2 aromatic rings. The summed E-state index contributed by atoms with van der Waals surface area (Å²) < 4.78 is 1.51. The molecule has 1 aromatic heterocycles. The number of aromatic hydroxyl groups is 1. The summed E-state index contributed by atoms with van der Waals surface area (Å²) in [6, 6.07) is 7.16. The van der Waals surface area contributed by atoms with E-state index in [0.717, 1.165) is 31.9 Å². The van der Waals surface area contributed by atoms with Crippen LogP contribution in [0.4, 0.5) is 5.69 Å². The van der Waals surface area contributed by atoms with Crippen LogP contribution in [0.3, 0.4) is 0 Å². The Kier molecular flexibility index (Phi) is 2.86. The van der Waals surface area contributed by atoms with Crippen molar-refractivity contribution in [1.82, 2.24) is 14.9 Å². The van der Waals surface area contributed by atoms with Gasteiger partial charge < -0.3 is 15.0 Å². The fourth-order valence-electron chi connectivity index (χ4n) is 2.28. The molecule has 0 radical (unpaired) electrons. The molecule has 0 amide bonds. The molecule has 19 heavy (non-hydrogen) atoms. The zero-order valence-corrected chi connectivity index (χ0v) is 10.4. The molecule has 1 aliphatic heterocycles. The summed E-state index contributed by atoms with van der Waals surface area (Å²) in [6.45, 7) is 3.14. The van der Waals surface area contributed by atoms with E-state index >= 15 is 0 Å². The molecular weight excluding hydrogens is 246 g/mol. The number of hydrogen-bond donors (Lipinski definition) is 2. The highest BCUT2D eigenvalue weighted by molar-refractivity contribution is 5.49. The van der Waals surface area contributed by atoms with Gasteiger partial charge in [0.05, 0.1) is 13.1 Å². The second kappa shape index (κ2) is 4.68. The van der Waals surface area contributed by atoms with Crippen molar-refractivity contribution in [2.75, 3.05) is 36.1 Å². The zero-order chi connectivity index (χ0) is 13.2. The number of nitrogens with zero attached hydrogens (tertiary/aromatic N) is 4. The molecule has 0 unspecified atom stereocenters. The Morgan fingerprint density at radius 2 is 1.79 bits per heavy atom. The van der Waals surface area contributed by atoms with Crippen molar-refractivity contribution in [3.8, 4) is 5.75 Å². The number of piperazine rings is 1. The summed E-state index contributed by atoms with van der Waals surface area (Å²) in [7, 11) is 0. The van der Waals surface area contributed by atoms with Crippen LogP contribution in [0.5, 0.6) is 5.75 Å². The standard InChI is InChI=1S/C12H15N5O2/c18-11-3-1-10(2-4-11)15-5-7-16(8-6-15)17-9-13-14-12(17)19/h1-4,9,18H,5-8H2,(H,14,19). The minimum atomic E-state index is -0.210. The predicted octanol–water partition coefficient (Wildman–Crippen LogP) is -0.265. The minimum Gasteiger partial charge on any atom is -0.508 e. The number of aromatic amines is 1. The molecule has 2 N–H and O–H groups in total. The van der Waals surface area contributed by atoms with E-state index in [9.17, 15) is 9.90 Å². The number of aromatic nitrogens is 3. The maximum Gasteiger partial charge on any atom is 0.362 e. The van der Waals surface area contributed by atoms with Gasteiger partial charge in [-0.15, -0.1) is 0 Å². The minimum absolute atomic E-state index is 0.210. The Bertz CT molecular complexity index is 595. The summed E-state index contributed by atoms with van der Waals surface area (Å²) in [5.74, 6) is 0.271. The van der Waals surface area contributed by atoms with Gasteiger partial charge in [0.25, 0.3) is 0 Å². The third kappa shape index (κ3) is 2.26. The van der Waals surface area contributed by atoms with Crippen molar-refractivity contribution >= 4 is 5.69 Å². The van der Waals surface area contributed by atoms with Crippen LogP contribution < -0.4 is 15.6 Å². The van der Waals surface area contributed by atoms with E-state index in [4.69, 9.17) is 0 Å². The van der Waals surface area contributed by atoms with E-state index in [2.05, 4.69) is 15.1 Å². The van der Waals surface area contributed by atoms with Gasteiger partial charge in [-0.3, -0.25) is 0 Å². The van der Waals surface area contributed by atoms with E-state index < -0.39 is 0 Å². The van der Waals surface area contributed by atoms with Gasteiger partial charge in [-0.25, -0.2) is 9.89 Å². The quantitative estimate of drug-likeness (QED) is 0.778. The summed E-state index contributed by atoms with van der Waals surface area (Å²) >= 11 is 0. The molecule has 1 fully saturated rings. The number of hydrogen-bond acceptors (Lipinski definition) is 5. The number of H-pyrrole nitrogens is 1. The lowest BCUT2D eigenvalue weighted by atomic mass is 10.2. The van der Waals surface area contributed by atoms with Gasteiger partial charge in [0, 0.05) is 18.8 Å². The molecular formula is C12H15N5O2. The van der Waals surface area contributed by atoms with Crippen molar-refractivity contribution < 1.29 is 5.11 Å². The smallest absolute Gasteiger partial charge is 0.362 e. The first kappa shape index (κ1) is 11.6. The van der Waals surface area contributed by atoms with Crippen molar-refractivity contribution in [3.05, 3.63) is 41.1 Å². The number of phenolic OH excluding ortho intramolecular Hbond substituents is 1. The van der Waals surface area contributed by atoms with Gasteiger partial charge in [-0.1, -0.05) is 0 Å². The Labute approximate surface area is 109 Å². The summed E-state index contributed by atoms with van der Waals surface area (Å²) in [6.07, 6.45) is 1.50. The topological polar surface area (TPSA) is 77.4 Å². The van der Waals surface area contributed by atoms with Crippen molar-refractivity contribution in [3.63, 3.8) is 0 Å². The van der Waals surface area contributed by atoms with Gasteiger partial charge in [0.15, 0.2) is 0 Å². The molecule has 7 heteroatoms. The van der Waals surface area contributed by atoms with Gasteiger partial charge in [-0.05, 0) is 24.3 Å². The third-order valence-electron chi connectivity index (χ3n) is 3.31. The molecule has 0 atom stereocenters. The van der Waals surface area contributed by atoms with Gasteiger partial charge in [0.1, 0.15) is 12.1 Å². The first-order valence-corrected chi connectivity index (χ1v) is 6.15. The van der Waals surface area contributed by atoms with Crippen molar-refractivity contribution in [2.24, 2.45) is 0 Å². The van der Waals surface area contributed by atoms with Gasteiger partial charge in [0.2, 0.25) is 0 Å². The lowest BCUT2D eigenvalue weighted by Gasteiger charge is -2.36. The Balaban J connectivity index is 1.68. The molecule has 100 valence electrons. The van der Waals surface area contributed by atoms with Crippen LogP contribution in [0.1, 0.15) is 0 Å². The SMILES string of the molecule is O=c1[nH]ncn1N1CCN(c2ccc(O)cc2)CC1. The maximum atomic E-state index is 11.5. The number of phenols is 1. The second-order valence-corrected chi connectivity index (χ2v) is 4.46. The molecule has 3 rings (SSSR count). The molecule has 2 heterocycles. The van der Waals surface area contributed by atoms with Gasteiger partial charge in [-0.2, -0.15) is 9.77 Å². The summed E-state index contributed by atoms with van der Waals surface area (Å²) in [5.41, 5.74) is 0.870. The lowest BCUT2D eigenvalue weighted by molar-refractivity contribution is 0.475. The maximum absolute atomic E-state index is 11.5. The van der Waals surface area contributed by atoms with Crippen LogP contribution in [-0.4, -0.2) is 46.2 Å². The van der Waals surface area contributed by atoms with Crippen LogP contribution in [0.25, 0.3) is 0 Å². The summed E-state index contributed by atoms with van der Waals surface area (Å²) in [5, 5.41) is 17.4. The fourth-order valence-corrected chi connectivity index (χ4v) is 2.28. The molecule has 1 aliphatic rings. The molecule has 0 bridgehead atoms. The van der Waals surface area contributed by atoms with E-state index in [-0.39, 0.29) is 11.4 Å². The average molecular weight is 261 g/mol. The molecule has 7 nitrogen and oxygen atoms in total. The Hall–Kier alpha value is -2.44. The highest BCUT2D eigenvalue weighted by Gasteiger charge is 2.18. The first-order valence-electron chi connectivity index (χ1n) is 6.15. The number of rotatable bonds is 2. The Morgan fingerprint density at radius 3 is 2.37 bits per heavy atom. The van der Waals surface area contributed by atoms with Crippen LogP contribution in [-0.2, 0) is 0 Å². The predicted molar refractivity (Wildman–Crippen MR) is 71.1 cm³/mol. The monoisotopic (exact) mass is 261 g/mol. The summed E-state index contributed by atoms with van der Waals surface area (Å²) in [4.78, 5) is 13.7. The van der Waals surface area contributed by atoms with Crippen LogP contribution >= 0.6 is 0 Å². The van der Waals surface area contributed by atoms with Crippen LogP contribution in [0, 0.1) is 0 Å². The van der Waals surface area contributed by atoms with Gasteiger partial charge >= 0.3 is 5.69 Å². The van der Waals surface area contributed by atoms with Crippen molar-refractivity contribution in [2.45, 2.75) is 0 Å². The largest absolute Gasteiger partial charge is 0.508 e. The van der Waals surface area contributed by atoms with E-state index in [1.54, 1.807) is 12.1 Å². The molecule has 0 saturated carbocycles. The first-order chi connectivity index (χ1) is 9.24. The van der Waals surface area contributed by atoms with Crippen LogP contribution in [0.15, 0.2) is 35.4 Å². The molecule has 1 saturated heterocycles. The second-order valence-electron chi connectivity index (χ2n) is 4.46.